The number of fused-ring (bicyclic) bond motifs is 1. The molecule has 1 aliphatic carbocycles. The average Bonchev–Trinajstić information content (AvgIpc) is 2.96. The second-order valence-electron chi connectivity index (χ2n) is 7.73. The Hall–Kier alpha value is -2.04. The second kappa shape index (κ2) is 5.75. The van der Waals surface area contributed by atoms with Crippen LogP contribution >= 0.6 is 0 Å². The lowest BCUT2D eigenvalue weighted by atomic mass is 9.76. The summed E-state index contributed by atoms with van der Waals surface area (Å²) in [5.74, 6) is 1.34. The van der Waals surface area contributed by atoms with Gasteiger partial charge in [0, 0.05) is 31.8 Å². The maximum Gasteiger partial charge on any atom is 0.223 e. The second-order valence-corrected chi connectivity index (χ2v) is 7.73. The highest BCUT2D eigenvalue weighted by molar-refractivity contribution is 5.86. The molecule has 2 amide bonds. The minimum Gasteiger partial charge on any atom is -0.497 e. The third-order valence-corrected chi connectivity index (χ3v) is 6.63. The first-order valence-corrected chi connectivity index (χ1v) is 9.22. The summed E-state index contributed by atoms with van der Waals surface area (Å²) in [6.45, 7) is 2.93. The first-order chi connectivity index (χ1) is 12.0. The van der Waals surface area contributed by atoms with Crippen LogP contribution in [-0.4, -0.2) is 37.4 Å². The lowest BCUT2D eigenvalue weighted by molar-refractivity contribution is -0.131. The highest BCUT2D eigenvalue weighted by Crippen LogP contribution is 2.60. The lowest BCUT2D eigenvalue weighted by Crippen LogP contribution is -2.45. The number of carbonyl (C=O) groups excluding carboxylic acids is 2. The van der Waals surface area contributed by atoms with Crippen LogP contribution in [0.1, 0.15) is 37.3 Å². The van der Waals surface area contributed by atoms with Crippen LogP contribution in [0, 0.1) is 17.8 Å². The maximum absolute atomic E-state index is 12.8. The molecular weight excluding hydrogens is 316 g/mol. The van der Waals surface area contributed by atoms with Crippen molar-refractivity contribution in [3.63, 3.8) is 0 Å². The smallest absolute Gasteiger partial charge is 0.223 e. The van der Waals surface area contributed by atoms with Crippen LogP contribution in [0.4, 0.5) is 0 Å². The Morgan fingerprint density at radius 3 is 2.92 bits per heavy atom. The van der Waals surface area contributed by atoms with Crippen LogP contribution in [0.3, 0.4) is 0 Å². The van der Waals surface area contributed by atoms with Gasteiger partial charge in [0.1, 0.15) is 5.75 Å². The molecule has 25 heavy (non-hydrogen) atoms. The van der Waals surface area contributed by atoms with Gasteiger partial charge in [-0.15, -0.1) is 0 Å². The van der Waals surface area contributed by atoms with Gasteiger partial charge in [0.25, 0.3) is 0 Å². The number of hydrogen-bond donors (Lipinski definition) is 1. The van der Waals surface area contributed by atoms with Gasteiger partial charge in [-0.3, -0.25) is 9.59 Å². The predicted molar refractivity (Wildman–Crippen MR) is 94.2 cm³/mol. The maximum atomic E-state index is 12.8. The van der Waals surface area contributed by atoms with Gasteiger partial charge < -0.3 is 15.0 Å². The van der Waals surface area contributed by atoms with Crippen molar-refractivity contribution in [1.29, 1.82) is 0 Å². The minimum atomic E-state index is -0.328. The highest BCUT2D eigenvalue weighted by atomic mass is 16.5. The van der Waals surface area contributed by atoms with E-state index in [0.29, 0.717) is 6.42 Å². The van der Waals surface area contributed by atoms with Crippen molar-refractivity contribution in [3.8, 4) is 5.75 Å². The van der Waals surface area contributed by atoms with E-state index in [-0.39, 0.29) is 35.1 Å². The number of hydrogen-bond acceptors (Lipinski definition) is 3. The Bertz CT molecular complexity index is 732. The molecule has 3 aliphatic rings. The van der Waals surface area contributed by atoms with Crippen LogP contribution in [0.15, 0.2) is 18.2 Å². The largest absolute Gasteiger partial charge is 0.497 e. The molecule has 5 nitrogen and oxygen atoms in total. The Morgan fingerprint density at radius 1 is 1.40 bits per heavy atom. The molecular formula is C20H26N2O3. The van der Waals surface area contributed by atoms with E-state index >= 15 is 0 Å². The molecule has 5 heteroatoms. The van der Waals surface area contributed by atoms with E-state index in [2.05, 4.69) is 29.3 Å². The zero-order chi connectivity index (χ0) is 17.8. The Balaban J connectivity index is 1.89. The molecule has 0 radical (unpaired) electrons. The van der Waals surface area contributed by atoms with E-state index < -0.39 is 0 Å². The van der Waals surface area contributed by atoms with Crippen LogP contribution in [0.2, 0.25) is 0 Å². The van der Waals surface area contributed by atoms with Crippen LogP contribution in [-0.2, 0) is 21.5 Å². The standard InChI is InChI=1S/C20H26N2O3/c1-12-11-20-15-7-6-14(25-3)9-13(15)5-4-8-22(20)17(23)10-16(20)18(12)19(24)21-2/h6-7,9,12,16,18H,4-5,8,10-11H2,1-3H3,(H,21,24)/t12-,16-,18+,20-/m0/s1. The van der Waals surface area contributed by atoms with Gasteiger partial charge in [0.05, 0.1) is 12.6 Å². The molecule has 1 saturated carbocycles. The van der Waals surface area contributed by atoms with Crippen molar-refractivity contribution in [2.45, 2.75) is 38.1 Å². The van der Waals surface area contributed by atoms with Crippen molar-refractivity contribution in [3.05, 3.63) is 29.3 Å². The molecule has 0 bridgehead atoms. The summed E-state index contributed by atoms with van der Waals surface area (Å²) in [7, 11) is 3.38. The molecule has 1 aromatic rings. The molecule has 0 unspecified atom stereocenters. The Labute approximate surface area is 148 Å². The summed E-state index contributed by atoms with van der Waals surface area (Å²) in [6, 6.07) is 6.25. The molecule has 2 heterocycles. The topological polar surface area (TPSA) is 58.6 Å². The fourth-order valence-corrected chi connectivity index (χ4v) is 5.73. The molecule has 4 rings (SSSR count). The summed E-state index contributed by atoms with van der Waals surface area (Å²) >= 11 is 0. The first kappa shape index (κ1) is 16.4. The zero-order valence-corrected chi connectivity index (χ0v) is 15.2. The number of nitrogens with one attached hydrogen (secondary N) is 1. The zero-order valence-electron chi connectivity index (χ0n) is 15.2. The molecule has 2 aliphatic heterocycles. The van der Waals surface area contributed by atoms with Crippen molar-refractivity contribution >= 4 is 11.8 Å². The normalized spacial score (nSPS) is 33.3. The van der Waals surface area contributed by atoms with E-state index in [0.717, 1.165) is 31.6 Å². The summed E-state index contributed by atoms with van der Waals surface area (Å²) in [5, 5.41) is 2.83. The van der Waals surface area contributed by atoms with Crippen molar-refractivity contribution in [2.24, 2.45) is 17.8 Å². The van der Waals surface area contributed by atoms with Crippen molar-refractivity contribution in [2.75, 3.05) is 20.7 Å². The number of amides is 2. The van der Waals surface area contributed by atoms with Gasteiger partial charge in [-0.2, -0.15) is 0 Å². The molecule has 1 saturated heterocycles. The van der Waals surface area contributed by atoms with Crippen LogP contribution < -0.4 is 10.1 Å². The van der Waals surface area contributed by atoms with E-state index in [9.17, 15) is 9.59 Å². The summed E-state index contributed by atoms with van der Waals surface area (Å²) < 4.78 is 5.42. The van der Waals surface area contributed by atoms with Crippen LogP contribution in [0.25, 0.3) is 0 Å². The minimum absolute atomic E-state index is 0.0557. The number of benzene rings is 1. The predicted octanol–water partition coefficient (Wildman–Crippen LogP) is 2.09. The highest BCUT2D eigenvalue weighted by Gasteiger charge is 2.64. The van der Waals surface area contributed by atoms with Gasteiger partial charge >= 0.3 is 0 Å². The lowest BCUT2D eigenvalue weighted by Gasteiger charge is -2.39. The van der Waals surface area contributed by atoms with E-state index in [1.807, 2.05) is 6.07 Å². The molecule has 2 fully saturated rings. The van der Waals surface area contributed by atoms with Gasteiger partial charge in [0.2, 0.25) is 11.8 Å². The number of rotatable bonds is 2. The first-order valence-electron chi connectivity index (χ1n) is 9.22. The number of methoxy groups -OCH3 is 1. The van der Waals surface area contributed by atoms with E-state index in [1.54, 1.807) is 14.2 Å². The molecule has 134 valence electrons. The number of ether oxygens (including phenoxy) is 1. The van der Waals surface area contributed by atoms with E-state index in [1.165, 1.54) is 11.1 Å². The molecule has 0 aromatic heterocycles. The van der Waals surface area contributed by atoms with Gasteiger partial charge in [-0.25, -0.2) is 0 Å². The fraction of sp³-hybridized carbons (Fsp3) is 0.600. The van der Waals surface area contributed by atoms with Gasteiger partial charge in [0.15, 0.2) is 0 Å². The summed E-state index contributed by atoms with van der Waals surface area (Å²) in [4.78, 5) is 27.5. The SMILES string of the molecule is CNC(=O)[C@@H]1[C@@H](C)C[C@@]23c4ccc(OC)cc4CCCN2C(=O)C[C@@H]13. The Morgan fingerprint density at radius 2 is 2.20 bits per heavy atom. The summed E-state index contributed by atoms with van der Waals surface area (Å²) in [6.07, 6.45) is 3.25. The fourth-order valence-electron chi connectivity index (χ4n) is 5.73. The number of nitrogens with zero attached hydrogens (tertiary/aromatic N) is 1. The van der Waals surface area contributed by atoms with Gasteiger partial charge in [-0.05, 0) is 48.4 Å². The third-order valence-electron chi connectivity index (χ3n) is 6.63. The van der Waals surface area contributed by atoms with Gasteiger partial charge in [-0.1, -0.05) is 13.0 Å². The van der Waals surface area contributed by atoms with Crippen molar-refractivity contribution in [1.82, 2.24) is 10.2 Å². The summed E-state index contributed by atoms with van der Waals surface area (Å²) in [5.41, 5.74) is 2.18. The van der Waals surface area contributed by atoms with Crippen LogP contribution in [0.5, 0.6) is 5.75 Å². The average molecular weight is 342 g/mol. The Kier molecular flexibility index (Phi) is 3.78. The molecule has 4 atom stereocenters. The molecule has 1 spiro atoms. The molecule has 1 N–H and O–H groups in total. The monoisotopic (exact) mass is 342 g/mol. The molecule has 1 aromatic carbocycles. The third kappa shape index (κ3) is 2.14. The van der Waals surface area contributed by atoms with E-state index in [4.69, 9.17) is 4.74 Å². The number of aryl methyl sites for hydroxylation is 1. The quantitative estimate of drug-likeness (QED) is 0.895. The van der Waals surface area contributed by atoms with Crippen molar-refractivity contribution < 1.29 is 14.3 Å². The number of carbonyl (C=O) groups is 2.